The van der Waals surface area contributed by atoms with Gasteiger partial charge in [0.2, 0.25) is 5.91 Å². The lowest BCUT2D eigenvalue weighted by atomic mass is 10.3. The number of amides is 1. The van der Waals surface area contributed by atoms with Crippen LogP contribution in [0.15, 0.2) is 53.4 Å². The summed E-state index contributed by atoms with van der Waals surface area (Å²) in [6, 6.07) is 9.67. The Morgan fingerprint density at radius 1 is 1.04 bits per heavy atom. The number of halogens is 2. The van der Waals surface area contributed by atoms with Crippen LogP contribution in [-0.4, -0.2) is 20.9 Å². The zero-order chi connectivity index (χ0) is 17.6. The molecular weight excluding hydrogens is 340 g/mol. The minimum atomic E-state index is -4.03. The van der Waals surface area contributed by atoms with Crippen LogP contribution < -0.4 is 9.46 Å². The Morgan fingerprint density at radius 3 is 2.42 bits per heavy atom. The Labute approximate surface area is 138 Å². The van der Waals surface area contributed by atoms with Gasteiger partial charge < -0.3 is 4.74 Å². The van der Waals surface area contributed by atoms with Gasteiger partial charge in [0.15, 0.2) is 0 Å². The number of hydrogen-bond donors (Lipinski definition) is 1. The average Bonchev–Trinajstić information content (AvgIpc) is 2.52. The van der Waals surface area contributed by atoms with E-state index in [4.69, 9.17) is 4.74 Å². The van der Waals surface area contributed by atoms with Gasteiger partial charge in [-0.15, -0.1) is 0 Å². The summed E-state index contributed by atoms with van der Waals surface area (Å²) in [7, 11) is -4.03. The van der Waals surface area contributed by atoms with Gasteiger partial charge in [-0.2, -0.15) is 0 Å². The van der Waals surface area contributed by atoms with Crippen LogP contribution in [0.2, 0.25) is 0 Å². The maximum absolute atomic E-state index is 12.9. The van der Waals surface area contributed by atoms with Gasteiger partial charge in [-0.3, -0.25) is 4.79 Å². The van der Waals surface area contributed by atoms with Crippen LogP contribution in [0.4, 0.5) is 8.78 Å². The van der Waals surface area contributed by atoms with Gasteiger partial charge in [0, 0.05) is 12.5 Å². The molecule has 0 aliphatic heterocycles. The number of ether oxygens (including phenoxy) is 1. The fourth-order valence-corrected chi connectivity index (χ4v) is 2.87. The molecular formula is C16H15F2NO4S. The van der Waals surface area contributed by atoms with E-state index in [1.165, 1.54) is 18.2 Å². The summed E-state index contributed by atoms with van der Waals surface area (Å²) in [5.74, 6) is -1.39. The van der Waals surface area contributed by atoms with E-state index in [-0.39, 0.29) is 24.3 Å². The highest BCUT2D eigenvalue weighted by Crippen LogP contribution is 2.13. The van der Waals surface area contributed by atoms with Gasteiger partial charge in [0.05, 0.1) is 11.5 Å². The Kier molecular flexibility index (Phi) is 5.86. The average molecular weight is 355 g/mol. The highest BCUT2D eigenvalue weighted by atomic mass is 32.2. The number of nitrogens with one attached hydrogen (secondary N) is 1. The standard InChI is InChI=1S/C16H15F2NO4S/c17-12-6-8-15(9-7-12)24(21,22)19-16(20)5-2-10-23-14-4-1-3-13(18)11-14/h1,3-4,6-9,11H,2,5,10H2,(H,19,20). The molecule has 8 heteroatoms. The Bertz CT molecular complexity index is 807. The number of carbonyl (C=O) groups excluding carboxylic acids is 1. The van der Waals surface area contributed by atoms with E-state index in [1.54, 1.807) is 6.07 Å². The lowest BCUT2D eigenvalue weighted by Gasteiger charge is -2.08. The summed E-state index contributed by atoms with van der Waals surface area (Å²) in [5.41, 5.74) is 0. The second-order valence-corrected chi connectivity index (χ2v) is 6.57. The van der Waals surface area contributed by atoms with E-state index in [0.717, 1.165) is 24.3 Å². The molecule has 0 aromatic heterocycles. The predicted octanol–water partition coefficient (Wildman–Crippen LogP) is 2.63. The molecule has 128 valence electrons. The predicted molar refractivity (Wildman–Crippen MR) is 82.9 cm³/mol. The summed E-state index contributed by atoms with van der Waals surface area (Å²) in [6.07, 6.45) is 0.164. The third-order valence-corrected chi connectivity index (χ3v) is 4.37. The third-order valence-electron chi connectivity index (χ3n) is 2.99. The molecule has 0 saturated heterocycles. The molecule has 1 amide bonds. The van der Waals surface area contributed by atoms with Crippen LogP contribution in [0.3, 0.4) is 0 Å². The zero-order valence-electron chi connectivity index (χ0n) is 12.5. The summed E-state index contributed by atoms with van der Waals surface area (Å²) in [5, 5.41) is 0. The van der Waals surface area contributed by atoms with Gasteiger partial charge in [-0.1, -0.05) is 6.07 Å². The van der Waals surface area contributed by atoms with Gasteiger partial charge in [0.1, 0.15) is 17.4 Å². The third kappa shape index (κ3) is 5.31. The van der Waals surface area contributed by atoms with E-state index in [2.05, 4.69) is 0 Å². The topological polar surface area (TPSA) is 72.5 Å². The monoisotopic (exact) mass is 355 g/mol. The van der Waals surface area contributed by atoms with E-state index >= 15 is 0 Å². The van der Waals surface area contributed by atoms with Crippen molar-refractivity contribution in [3.05, 3.63) is 60.2 Å². The number of sulfonamides is 1. The Morgan fingerprint density at radius 2 is 1.75 bits per heavy atom. The number of benzene rings is 2. The lowest BCUT2D eigenvalue weighted by Crippen LogP contribution is -2.30. The molecule has 0 spiro atoms. The first-order chi connectivity index (χ1) is 11.4. The van der Waals surface area contributed by atoms with Crippen LogP contribution >= 0.6 is 0 Å². The zero-order valence-corrected chi connectivity index (χ0v) is 13.4. The van der Waals surface area contributed by atoms with Crippen molar-refractivity contribution in [1.82, 2.24) is 4.72 Å². The highest BCUT2D eigenvalue weighted by Gasteiger charge is 2.17. The van der Waals surface area contributed by atoms with E-state index in [0.29, 0.717) is 5.75 Å². The molecule has 5 nitrogen and oxygen atoms in total. The molecule has 2 rings (SSSR count). The first-order valence-corrected chi connectivity index (χ1v) is 8.55. The second-order valence-electron chi connectivity index (χ2n) is 4.89. The minimum absolute atomic E-state index is 0.0876. The van der Waals surface area contributed by atoms with Crippen molar-refractivity contribution in [2.24, 2.45) is 0 Å². The van der Waals surface area contributed by atoms with E-state index in [1.807, 2.05) is 4.72 Å². The SMILES string of the molecule is O=C(CCCOc1cccc(F)c1)NS(=O)(=O)c1ccc(F)cc1. The van der Waals surface area contributed by atoms with E-state index in [9.17, 15) is 22.0 Å². The lowest BCUT2D eigenvalue weighted by molar-refractivity contribution is -0.119. The molecule has 0 saturated carbocycles. The molecule has 0 bridgehead atoms. The molecule has 0 aliphatic rings. The van der Waals surface area contributed by atoms with Crippen LogP contribution in [0.25, 0.3) is 0 Å². The molecule has 0 radical (unpaired) electrons. The fourth-order valence-electron chi connectivity index (χ4n) is 1.85. The molecule has 0 unspecified atom stereocenters. The first kappa shape index (κ1) is 17.9. The Balaban J connectivity index is 1.79. The maximum atomic E-state index is 12.9. The molecule has 2 aromatic rings. The van der Waals surface area contributed by atoms with Crippen molar-refractivity contribution < 1.29 is 26.7 Å². The first-order valence-electron chi connectivity index (χ1n) is 7.06. The molecule has 24 heavy (non-hydrogen) atoms. The smallest absolute Gasteiger partial charge is 0.264 e. The number of hydrogen-bond acceptors (Lipinski definition) is 4. The summed E-state index contributed by atoms with van der Waals surface area (Å²) < 4.78 is 56.7. The number of carbonyl (C=O) groups is 1. The van der Waals surface area contributed by atoms with Gasteiger partial charge >= 0.3 is 0 Å². The molecule has 0 heterocycles. The van der Waals surface area contributed by atoms with Crippen molar-refractivity contribution in [3.8, 4) is 5.75 Å². The molecule has 2 aromatic carbocycles. The fraction of sp³-hybridized carbons (Fsp3) is 0.188. The minimum Gasteiger partial charge on any atom is -0.493 e. The number of rotatable bonds is 7. The summed E-state index contributed by atoms with van der Waals surface area (Å²) >= 11 is 0. The van der Waals surface area contributed by atoms with Crippen LogP contribution in [0.5, 0.6) is 5.75 Å². The summed E-state index contributed by atoms with van der Waals surface area (Å²) in [4.78, 5) is 11.5. The normalized spacial score (nSPS) is 11.1. The highest BCUT2D eigenvalue weighted by molar-refractivity contribution is 7.90. The molecule has 0 aliphatic carbocycles. The second kappa shape index (κ2) is 7.87. The maximum Gasteiger partial charge on any atom is 0.264 e. The molecule has 0 fully saturated rings. The van der Waals surface area contributed by atoms with Crippen molar-refractivity contribution in [3.63, 3.8) is 0 Å². The van der Waals surface area contributed by atoms with Crippen molar-refractivity contribution in [2.75, 3.05) is 6.61 Å². The Hall–Kier alpha value is -2.48. The van der Waals surface area contributed by atoms with Gasteiger partial charge in [0.25, 0.3) is 10.0 Å². The van der Waals surface area contributed by atoms with Gasteiger partial charge in [-0.25, -0.2) is 21.9 Å². The van der Waals surface area contributed by atoms with Crippen molar-refractivity contribution in [2.45, 2.75) is 17.7 Å². The van der Waals surface area contributed by atoms with Crippen LogP contribution in [0.1, 0.15) is 12.8 Å². The van der Waals surface area contributed by atoms with Crippen molar-refractivity contribution >= 4 is 15.9 Å². The molecule has 1 N–H and O–H groups in total. The van der Waals surface area contributed by atoms with Gasteiger partial charge in [-0.05, 0) is 42.8 Å². The van der Waals surface area contributed by atoms with E-state index < -0.39 is 27.6 Å². The van der Waals surface area contributed by atoms with Crippen LogP contribution in [-0.2, 0) is 14.8 Å². The van der Waals surface area contributed by atoms with Crippen molar-refractivity contribution in [1.29, 1.82) is 0 Å². The van der Waals surface area contributed by atoms with Crippen LogP contribution in [0, 0.1) is 11.6 Å². The quantitative estimate of drug-likeness (QED) is 0.775. The summed E-state index contributed by atoms with van der Waals surface area (Å²) in [6.45, 7) is 0.132. The molecule has 0 atom stereocenters. The largest absolute Gasteiger partial charge is 0.493 e.